The molecule has 2 rings (SSSR count). The zero-order chi connectivity index (χ0) is 20.7. The molecule has 1 atom stereocenters. The number of hydrogen-bond donors (Lipinski definition) is 1. The van der Waals surface area contributed by atoms with Crippen LogP contribution < -0.4 is 10.1 Å². The fourth-order valence-corrected chi connectivity index (χ4v) is 3.41. The molecule has 0 aliphatic heterocycles. The number of benzene rings is 2. The fraction of sp³-hybridized carbons (Fsp3) is 0.333. The number of halogens is 2. The van der Waals surface area contributed by atoms with Crippen LogP contribution in [0.25, 0.3) is 0 Å². The van der Waals surface area contributed by atoms with Gasteiger partial charge >= 0.3 is 0 Å². The predicted molar refractivity (Wildman–Crippen MR) is 115 cm³/mol. The van der Waals surface area contributed by atoms with E-state index in [-0.39, 0.29) is 18.4 Å². The zero-order valence-electron chi connectivity index (χ0n) is 16.2. The van der Waals surface area contributed by atoms with E-state index in [4.69, 9.17) is 16.3 Å². The Labute approximate surface area is 179 Å². The Morgan fingerprint density at radius 1 is 1.21 bits per heavy atom. The molecule has 2 aromatic rings. The van der Waals surface area contributed by atoms with E-state index >= 15 is 0 Å². The quantitative estimate of drug-likeness (QED) is 0.628. The summed E-state index contributed by atoms with van der Waals surface area (Å²) in [6, 6.07) is 12.3. The van der Waals surface area contributed by atoms with Gasteiger partial charge in [-0.05, 0) is 60.5 Å². The number of amides is 2. The molecule has 0 spiro atoms. The number of carbonyl (C=O) groups excluding carboxylic acids is 2. The second-order valence-corrected chi connectivity index (χ2v) is 7.73. The maximum absolute atomic E-state index is 12.9. The number of likely N-dealkylation sites (N-methyl/N-ethyl adjacent to an activating group) is 1. The van der Waals surface area contributed by atoms with Crippen LogP contribution in [0.2, 0.25) is 5.02 Å². The van der Waals surface area contributed by atoms with Gasteiger partial charge in [-0.3, -0.25) is 9.59 Å². The fourth-order valence-electron chi connectivity index (χ4n) is 2.61. The van der Waals surface area contributed by atoms with Gasteiger partial charge < -0.3 is 15.0 Å². The molecule has 0 heterocycles. The van der Waals surface area contributed by atoms with Crippen LogP contribution in [0.3, 0.4) is 0 Å². The summed E-state index contributed by atoms with van der Waals surface area (Å²) < 4.78 is 6.31. The third-order valence-corrected chi connectivity index (χ3v) is 5.09. The van der Waals surface area contributed by atoms with E-state index in [1.807, 2.05) is 38.1 Å². The van der Waals surface area contributed by atoms with Crippen molar-refractivity contribution in [1.29, 1.82) is 0 Å². The molecule has 0 saturated heterocycles. The number of rotatable bonds is 8. The van der Waals surface area contributed by atoms with Crippen molar-refractivity contribution in [3.8, 4) is 5.75 Å². The van der Waals surface area contributed by atoms with E-state index < -0.39 is 6.04 Å². The first-order valence-corrected chi connectivity index (χ1v) is 10.2. The number of hydrogen-bond acceptors (Lipinski definition) is 3. The lowest BCUT2D eigenvalue weighted by atomic mass is 10.1. The van der Waals surface area contributed by atoms with Gasteiger partial charge in [0.25, 0.3) is 5.91 Å². The highest BCUT2D eigenvalue weighted by molar-refractivity contribution is 9.10. The molecule has 1 N–H and O–H groups in total. The van der Waals surface area contributed by atoms with Gasteiger partial charge in [0, 0.05) is 18.1 Å². The first-order valence-electron chi connectivity index (χ1n) is 9.02. The minimum absolute atomic E-state index is 0.185. The molecular formula is C21H24BrClN2O3. The topological polar surface area (TPSA) is 58.6 Å². The van der Waals surface area contributed by atoms with E-state index in [0.29, 0.717) is 28.3 Å². The second-order valence-electron chi connectivity index (χ2n) is 6.44. The monoisotopic (exact) mass is 466 g/mol. The van der Waals surface area contributed by atoms with Crippen LogP contribution in [-0.4, -0.2) is 35.9 Å². The van der Waals surface area contributed by atoms with Gasteiger partial charge in [-0.15, -0.1) is 0 Å². The summed E-state index contributed by atoms with van der Waals surface area (Å²) in [4.78, 5) is 26.8. The molecular weight excluding hydrogens is 444 g/mol. The third kappa shape index (κ3) is 6.24. The van der Waals surface area contributed by atoms with E-state index in [1.54, 1.807) is 25.1 Å². The van der Waals surface area contributed by atoms with Gasteiger partial charge in [-0.2, -0.15) is 0 Å². The number of nitrogens with zero attached hydrogens (tertiary/aromatic N) is 1. The minimum atomic E-state index is -0.619. The Kier molecular flexibility index (Phi) is 8.33. The number of carbonyl (C=O) groups is 2. The normalized spacial score (nSPS) is 11.6. The van der Waals surface area contributed by atoms with Gasteiger partial charge in [-0.25, -0.2) is 0 Å². The molecule has 0 aliphatic rings. The van der Waals surface area contributed by atoms with Gasteiger partial charge in [0.2, 0.25) is 5.91 Å². The Bertz CT molecular complexity index is 827. The van der Waals surface area contributed by atoms with Gasteiger partial charge in [0.15, 0.2) is 6.61 Å². The van der Waals surface area contributed by atoms with Crippen molar-refractivity contribution in [3.63, 3.8) is 0 Å². The van der Waals surface area contributed by atoms with Crippen molar-refractivity contribution in [1.82, 2.24) is 10.2 Å². The molecule has 0 saturated carbocycles. The molecule has 7 heteroatoms. The minimum Gasteiger partial charge on any atom is -0.483 e. The van der Waals surface area contributed by atoms with Crippen LogP contribution in [0.5, 0.6) is 5.75 Å². The number of aryl methyl sites for hydroxylation is 1. The summed E-state index contributed by atoms with van der Waals surface area (Å²) in [6.07, 6.45) is 0. The van der Waals surface area contributed by atoms with Crippen molar-refractivity contribution >= 4 is 39.3 Å². The zero-order valence-corrected chi connectivity index (χ0v) is 18.5. The Morgan fingerprint density at radius 2 is 1.89 bits per heavy atom. The lowest BCUT2D eigenvalue weighted by Crippen LogP contribution is -2.49. The Balaban J connectivity index is 2.15. The molecule has 28 heavy (non-hydrogen) atoms. The first-order chi connectivity index (χ1) is 13.3. The predicted octanol–water partition coefficient (Wildman–Crippen LogP) is 4.34. The summed E-state index contributed by atoms with van der Waals surface area (Å²) in [7, 11) is 0. The molecule has 0 aliphatic carbocycles. The van der Waals surface area contributed by atoms with Crippen molar-refractivity contribution in [2.45, 2.75) is 33.4 Å². The summed E-state index contributed by atoms with van der Waals surface area (Å²) >= 11 is 9.30. The van der Waals surface area contributed by atoms with E-state index in [9.17, 15) is 9.59 Å². The molecule has 0 unspecified atom stereocenters. The van der Waals surface area contributed by atoms with Gasteiger partial charge in [0.05, 0.1) is 4.47 Å². The van der Waals surface area contributed by atoms with Gasteiger partial charge in [-0.1, -0.05) is 41.4 Å². The summed E-state index contributed by atoms with van der Waals surface area (Å²) in [5, 5.41) is 3.33. The molecule has 0 bridgehead atoms. The molecule has 2 aromatic carbocycles. The van der Waals surface area contributed by atoms with Crippen molar-refractivity contribution in [3.05, 3.63) is 63.1 Å². The Hall–Kier alpha value is -2.05. The second kappa shape index (κ2) is 10.5. The highest BCUT2D eigenvalue weighted by Crippen LogP contribution is 2.28. The number of ether oxygens (including phenoxy) is 1. The van der Waals surface area contributed by atoms with Gasteiger partial charge in [0.1, 0.15) is 11.8 Å². The Morgan fingerprint density at radius 3 is 2.50 bits per heavy atom. The average Bonchev–Trinajstić information content (AvgIpc) is 2.66. The molecule has 5 nitrogen and oxygen atoms in total. The molecule has 0 aromatic heterocycles. The van der Waals surface area contributed by atoms with Crippen LogP contribution in [0.15, 0.2) is 46.9 Å². The highest BCUT2D eigenvalue weighted by atomic mass is 79.9. The summed E-state index contributed by atoms with van der Waals surface area (Å²) in [5.41, 5.74) is 2.08. The average molecular weight is 468 g/mol. The standard InChI is InChI=1S/C21H24BrClN2O3/c1-4-24-21(27)15(3)25(12-16-7-5-14(2)6-8-16)20(26)13-28-19-10-9-17(23)11-18(19)22/h5-11,15H,4,12-13H2,1-3H3,(H,24,27)/t15-/m1/s1. The van der Waals surface area contributed by atoms with E-state index in [2.05, 4.69) is 21.2 Å². The van der Waals surface area contributed by atoms with Crippen LogP contribution >= 0.6 is 27.5 Å². The summed E-state index contributed by atoms with van der Waals surface area (Å²) in [5.74, 6) is 0.0375. The molecule has 2 amide bonds. The van der Waals surface area contributed by atoms with Crippen molar-refractivity contribution in [2.75, 3.05) is 13.2 Å². The lowest BCUT2D eigenvalue weighted by molar-refractivity contribution is -0.142. The van der Waals surface area contributed by atoms with Crippen LogP contribution in [0, 0.1) is 6.92 Å². The summed E-state index contributed by atoms with van der Waals surface area (Å²) in [6.45, 7) is 6.21. The number of nitrogens with one attached hydrogen (secondary N) is 1. The molecule has 150 valence electrons. The first kappa shape index (κ1) is 22.2. The molecule has 0 fully saturated rings. The van der Waals surface area contributed by atoms with Crippen LogP contribution in [-0.2, 0) is 16.1 Å². The van der Waals surface area contributed by atoms with Crippen LogP contribution in [0.4, 0.5) is 0 Å². The maximum atomic E-state index is 12.9. The highest BCUT2D eigenvalue weighted by Gasteiger charge is 2.26. The van der Waals surface area contributed by atoms with E-state index in [1.165, 1.54) is 4.90 Å². The lowest BCUT2D eigenvalue weighted by Gasteiger charge is -2.28. The van der Waals surface area contributed by atoms with E-state index in [0.717, 1.165) is 11.1 Å². The largest absolute Gasteiger partial charge is 0.483 e. The van der Waals surface area contributed by atoms with Crippen molar-refractivity contribution in [2.24, 2.45) is 0 Å². The smallest absolute Gasteiger partial charge is 0.261 e. The third-order valence-electron chi connectivity index (χ3n) is 4.24. The molecule has 0 radical (unpaired) electrons. The maximum Gasteiger partial charge on any atom is 0.261 e. The van der Waals surface area contributed by atoms with Crippen molar-refractivity contribution < 1.29 is 14.3 Å². The SMILES string of the molecule is CCNC(=O)[C@@H](C)N(Cc1ccc(C)cc1)C(=O)COc1ccc(Cl)cc1Br. The van der Waals surface area contributed by atoms with Crippen LogP contribution in [0.1, 0.15) is 25.0 Å².